The maximum atomic E-state index is 11.4. The number of nitrogens with one attached hydrogen (secondary N) is 1. The Hall–Kier alpha value is -0.940. The van der Waals surface area contributed by atoms with Gasteiger partial charge in [-0.25, -0.2) is 14.8 Å². The van der Waals surface area contributed by atoms with Gasteiger partial charge in [0.15, 0.2) is 4.34 Å². The molecule has 0 spiro atoms. The van der Waals surface area contributed by atoms with Crippen molar-refractivity contribution >= 4 is 51.7 Å². The van der Waals surface area contributed by atoms with Gasteiger partial charge in [-0.15, -0.1) is 0 Å². The molecule has 0 bridgehead atoms. The molecule has 0 radical (unpaired) electrons. The number of aryl methyl sites for hydroxylation is 1. The van der Waals surface area contributed by atoms with Crippen LogP contribution in [0.3, 0.4) is 0 Å². The average Bonchev–Trinajstić information content (AvgIpc) is 2.66. The van der Waals surface area contributed by atoms with Gasteiger partial charge in [-0.3, -0.25) is 4.79 Å². The third-order valence-corrected chi connectivity index (χ3v) is 5.50. The molecule has 2 aromatic rings. The molecule has 0 aliphatic rings. The van der Waals surface area contributed by atoms with Crippen LogP contribution in [-0.2, 0) is 0 Å². The monoisotopic (exact) mass is 395 g/mol. The van der Waals surface area contributed by atoms with Crippen LogP contribution < -0.4 is 5.56 Å². The van der Waals surface area contributed by atoms with E-state index in [2.05, 4.69) is 15.0 Å². The lowest BCUT2D eigenvalue weighted by molar-refractivity contribution is 0.0701. The average molecular weight is 395 g/mol. The van der Waals surface area contributed by atoms with Gasteiger partial charge in [-0.1, -0.05) is 11.3 Å². The minimum absolute atomic E-state index is 0.206. The van der Waals surface area contributed by atoms with Gasteiger partial charge in [-0.05, 0) is 41.3 Å². The molecular weight excluding hydrogens is 389 g/mol. The summed E-state index contributed by atoms with van der Waals surface area (Å²) < 4.78 is 1.02. The molecule has 18 heavy (non-hydrogen) atoms. The fourth-order valence-electron chi connectivity index (χ4n) is 1.13. The molecule has 0 amide bonds. The van der Waals surface area contributed by atoms with Crippen molar-refractivity contribution in [1.29, 1.82) is 0 Å². The Balaban J connectivity index is 2.35. The SMILES string of the molecule is Cc1nc(Sc2nc[nH]c(=O)c2I)sc1C(=O)O. The van der Waals surface area contributed by atoms with E-state index < -0.39 is 5.97 Å². The quantitative estimate of drug-likeness (QED) is 0.610. The summed E-state index contributed by atoms with van der Waals surface area (Å²) in [7, 11) is 0. The highest BCUT2D eigenvalue weighted by molar-refractivity contribution is 14.1. The summed E-state index contributed by atoms with van der Waals surface area (Å²) in [6.45, 7) is 1.64. The van der Waals surface area contributed by atoms with Crippen molar-refractivity contribution in [1.82, 2.24) is 15.0 Å². The Labute approximate surface area is 123 Å². The number of thiazole rings is 1. The van der Waals surface area contributed by atoms with Crippen molar-refractivity contribution in [2.45, 2.75) is 16.3 Å². The Kier molecular flexibility index (Phi) is 4.02. The van der Waals surface area contributed by atoms with Crippen LogP contribution in [0.1, 0.15) is 15.4 Å². The standard InChI is InChI=1S/C9H6IN3O3S2/c1-3-5(8(15)16)17-9(13-3)18-7-4(10)6(14)11-2-12-7/h2H,1H3,(H,15,16)(H,11,12,14). The summed E-state index contributed by atoms with van der Waals surface area (Å²) >= 11 is 4.15. The minimum atomic E-state index is -0.995. The lowest BCUT2D eigenvalue weighted by Gasteiger charge is -1.97. The molecule has 0 saturated heterocycles. The molecular formula is C9H6IN3O3S2. The molecule has 0 aliphatic carbocycles. The molecule has 2 N–H and O–H groups in total. The number of H-pyrrole nitrogens is 1. The zero-order valence-corrected chi connectivity index (χ0v) is 12.7. The zero-order chi connectivity index (χ0) is 13.3. The number of aromatic amines is 1. The summed E-state index contributed by atoms with van der Waals surface area (Å²) in [6, 6.07) is 0. The molecule has 2 aromatic heterocycles. The fourth-order valence-corrected chi connectivity index (χ4v) is 3.69. The van der Waals surface area contributed by atoms with Crippen LogP contribution in [0.4, 0.5) is 0 Å². The maximum Gasteiger partial charge on any atom is 0.347 e. The molecule has 0 aromatic carbocycles. The summed E-state index contributed by atoms with van der Waals surface area (Å²) in [5.74, 6) is -0.995. The molecule has 0 aliphatic heterocycles. The Bertz CT molecular complexity index is 667. The first-order valence-electron chi connectivity index (χ1n) is 4.61. The highest BCUT2D eigenvalue weighted by Gasteiger charge is 2.16. The Morgan fingerprint density at radius 2 is 2.33 bits per heavy atom. The number of aromatic nitrogens is 3. The van der Waals surface area contributed by atoms with Gasteiger partial charge >= 0.3 is 5.97 Å². The Morgan fingerprint density at radius 1 is 1.61 bits per heavy atom. The second-order valence-electron chi connectivity index (χ2n) is 3.15. The molecule has 0 atom stereocenters. The van der Waals surface area contributed by atoms with Crippen molar-refractivity contribution in [3.63, 3.8) is 0 Å². The summed E-state index contributed by atoms with van der Waals surface area (Å²) in [6.07, 6.45) is 1.31. The molecule has 0 saturated carbocycles. The largest absolute Gasteiger partial charge is 0.477 e. The normalized spacial score (nSPS) is 10.6. The number of aromatic carboxylic acids is 1. The van der Waals surface area contributed by atoms with E-state index in [4.69, 9.17) is 5.11 Å². The predicted molar refractivity (Wildman–Crippen MR) is 75.5 cm³/mol. The number of halogens is 1. The molecule has 0 fully saturated rings. The van der Waals surface area contributed by atoms with E-state index in [0.29, 0.717) is 18.6 Å². The lowest BCUT2D eigenvalue weighted by Crippen LogP contribution is -2.10. The van der Waals surface area contributed by atoms with Crippen molar-refractivity contribution in [2.75, 3.05) is 0 Å². The van der Waals surface area contributed by atoms with Crippen LogP contribution in [0.5, 0.6) is 0 Å². The topological polar surface area (TPSA) is 95.9 Å². The van der Waals surface area contributed by atoms with Gasteiger partial charge in [0.05, 0.1) is 12.0 Å². The van der Waals surface area contributed by atoms with Crippen molar-refractivity contribution in [3.8, 4) is 0 Å². The second kappa shape index (κ2) is 5.36. The molecule has 6 nitrogen and oxygen atoms in total. The Morgan fingerprint density at radius 3 is 2.94 bits per heavy atom. The van der Waals surface area contributed by atoms with Crippen molar-refractivity contribution < 1.29 is 9.90 Å². The van der Waals surface area contributed by atoms with Gasteiger partial charge in [-0.2, -0.15) is 0 Å². The minimum Gasteiger partial charge on any atom is -0.477 e. The van der Waals surface area contributed by atoms with Crippen molar-refractivity contribution in [2.24, 2.45) is 0 Å². The van der Waals surface area contributed by atoms with Crippen LogP contribution >= 0.6 is 45.7 Å². The van der Waals surface area contributed by atoms with E-state index in [-0.39, 0.29) is 10.4 Å². The van der Waals surface area contributed by atoms with E-state index in [1.54, 1.807) is 6.92 Å². The van der Waals surface area contributed by atoms with Crippen LogP contribution in [0, 0.1) is 10.5 Å². The summed E-state index contributed by atoms with van der Waals surface area (Å²) in [4.78, 5) is 33.1. The van der Waals surface area contributed by atoms with E-state index in [1.807, 2.05) is 22.6 Å². The highest BCUT2D eigenvalue weighted by atomic mass is 127. The first-order chi connectivity index (χ1) is 8.49. The van der Waals surface area contributed by atoms with Crippen molar-refractivity contribution in [3.05, 3.63) is 30.8 Å². The van der Waals surface area contributed by atoms with E-state index in [9.17, 15) is 9.59 Å². The maximum absolute atomic E-state index is 11.4. The van der Waals surface area contributed by atoms with Crippen LogP contribution in [-0.4, -0.2) is 26.0 Å². The zero-order valence-electron chi connectivity index (χ0n) is 8.93. The van der Waals surface area contributed by atoms with E-state index >= 15 is 0 Å². The third-order valence-electron chi connectivity index (χ3n) is 1.92. The second-order valence-corrected chi connectivity index (χ2v) is 6.47. The van der Waals surface area contributed by atoms with Gasteiger partial charge in [0.1, 0.15) is 13.5 Å². The van der Waals surface area contributed by atoms with Crippen LogP contribution in [0.2, 0.25) is 0 Å². The number of rotatable bonds is 3. The van der Waals surface area contributed by atoms with Crippen LogP contribution in [0.25, 0.3) is 0 Å². The number of nitrogens with zero attached hydrogens (tertiary/aromatic N) is 2. The summed E-state index contributed by atoms with van der Waals surface area (Å²) in [5.41, 5.74) is 0.245. The van der Waals surface area contributed by atoms with E-state index in [0.717, 1.165) is 11.3 Å². The molecule has 2 heterocycles. The third kappa shape index (κ3) is 2.72. The number of carbonyl (C=O) groups is 1. The van der Waals surface area contributed by atoms with Gasteiger partial charge in [0, 0.05) is 0 Å². The summed E-state index contributed by atoms with van der Waals surface area (Å²) in [5, 5.41) is 9.45. The highest BCUT2D eigenvalue weighted by Crippen LogP contribution is 2.32. The molecule has 94 valence electrons. The van der Waals surface area contributed by atoms with Crippen LogP contribution in [0.15, 0.2) is 20.5 Å². The van der Waals surface area contributed by atoms with Gasteiger partial charge < -0.3 is 10.1 Å². The smallest absolute Gasteiger partial charge is 0.347 e. The number of hydrogen-bond donors (Lipinski definition) is 2. The number of carboxylic acid groups (broad SMARTS) is 1. The molecule has 9 heteroatoms. The fraction of sp³-hybridized carbons (Fsp3) is 0.111. The lowest BCUT2D eigenvalue weighted by atomic mass is 10.4. The van der Waals surface area contributed by atoms with Gasteiger partial charge in [0.2, 0.25) is 0 Å². The van der Waals surface area contributed by atoms with Gasteiger partial charge in [0.25, 0.3) is 5.56 Å². The predicted octanol–water partition coefficient (Wildman–Crippen LogP) is 1.99. The first kappa shape index (κ1) is 13.5. The molecule has 2 rings (SSSR count). The van der Waals surface area contributed by atoms with E-state index in [1.165, 1.54) is 18.1 Å². The number of carboxylic acids is 1. The molecule has 0 unspecified atom stereocenters. The first-order valence-corrected chi connectivity index (χ1v) is 7.32. The number of hydrogen-bond acceptors (Lipinski definition) is 6.